The summed E-state index contributed by atoms with van der Waals surface area (Å²) in [7, 11) is 0. The maximum Gasteiger partial charge on any atom is 0.280 e. The summed E-state index contributed by atoms with van der Waals surface area (Å²) in [6.07, 6.45) is 1.64. The Morgan fingerprint density at radius 2 is 2.28 bits per heavy atom. The van der Waals surface area contributed by atoms with Crippen LogP contribution in [0.25, 0.3) is 11.3 Å². The summed E-state index contributed by atoms with van der Waals surface area (Å²) in [4.78, 5) is 10.5. The third-order valence-corrected chi connectivity index (χ3v) is 2.82. The molecule has 0 aliphatic heterocycles. The van der Waals surface area contributed by atoms with Crippen molar-refractivity contribution < 1.29 is 4.92 Å². The van der Waals surface area contributed by atoms with Crippen LogP contribution in [0.1, 0.15) is 0 Å². The van der Waals surface area contributed by atoms with Crippen LogP contribution in [0.5, 0.6) is 0 Å². The Labute approximate surface area is 111 Å². The molecule has 1 heterocycles. The molecule has 1 aromatic heterocycles. The molecule has 0 saturated heterocycles. The van der Waals surface area contributed by atoms with Crippen LogP contribution in [-0.2, 0) is 6.54 Å². The van der Waals surface area contributed by atoms with Gasteiger partial charge in [-0.15, -0.1) is 5.10 Å². The van der Waals surface area contributed by atoms with E-state index in [0.717, 1.165) is 0 Å². The smallest absolute Gasteiger partial charge is 0.280 e. The maximum atomic E-state index is 11.0. The molecular formula is C10H10BrN5O2. The number of benzene rings is 1. The average Bonchev–Trinajstić information content (AvgIpc) is 2.78. The van der Waals surface area contributed by atoms with Crippen LogP contribution in [0.3, 0.4) is 0 Å². The predicted molar refractivity (Wildman–Crippen MR) is 68.9 cm³/mol. The van der Waals surface area contributed by atoms with Gasteiger partial charge in [-0.3, -0.25) is 14.8 Å². The van der Waals surface area contributed by atoms with Gasteiger partial charge in [0.1, 0.15) is 5.69 Å². The van der Waals surface area contributed by atoms with Crippen molar-refractivity contribution in [2.24, 2.45) is 5.73 Å². The van der Waals surface area contributed by atoms with Gasteiger partial charge < -0.3 is 5.73 Å². The molecule has 0 aliphatic carbocycles. The normalized spacial score (nSPS) is 10.6. The van der Waals surface area contributed by atoms with Crippen LogP contribution in [-0.4, -0.2) is 26.5 Å². The van der Waals surface area contributed by atoms with E-state index in [-0.39, 0.29) is 5.69 Å². The Morgan fingerprint density at radius 1 is 1.50 bits per heavy atom. The van der Waals surface area contributed by atoms with Gasteiger partial charge in [0.25, 0.3) is 5.69 Å². The highest BCUT2D eigenvalue weighted by Crippen LogP contribution is 2.30. The van der Waals surface area contributed by atoms with Crippen LogP contribution in [0, 0.1) is 10.1 Å². The number of nitrogens with zero attached hydrogens (tertiary/aromatic N) is 4. The number of aromatic nitrogens is 3. The molecule has 0 unspecified atom stereocenters. The summed E-state index contributed by atoms with van der Waals surface area (Å²) in [5.74, 6) is 0. The predicted octanol–water partition coefficient (Wildman–Crippen LogP) is 1.57. The van der Waals surface area contributed by atoms with E-state index in [1.54, 1.807) is 23.0 Å². The second kappa shape index (κ2) is 5.23. The summed E-state index contributed by atoms with van der Waals surface area (Å²) in [6.45, 7) is 0.961. The van der Waals surface area contributed by atoms with E-state index in [1.807, 2.05) is 0 Å². The molecule has 0 atom stereocenters. The molecule has 2 rings (SSSR count). The lowest BCUT2D eigenvalue weighted by molar-refractivity contribution is -0.384. The molecule has 7 nitrogen and oxygen atoms in total. The lowest BCUT2D eigenvalue weighted by Crippen LogP contribution is -2.10. The number of nitro groups is 1. The van der Waals surface area contributed by atoms with Crippen LogP contribution in [0.15, 0.2) is 28.9 Å². The van der Waals surface area contributed by atoms with Gasteiger partial charge in [0.2, 0.25) is 0 Å². The molecule has 8 heteroatoms. The van der Waals surface area contributed by atoms with Gasteiger partial charge in [-0.2, -0.15) is 0 Å². The molecular weight excluding hydrogens is 302 g/mol. The number of rotatable bonds is 4. The highest BCUT2D eigenvalue weighted by molar-refractivity contribution is 9.10. The zero-order valence-corrected chi connectivity index (χ0v) is 10.9. The topological polar surface area (TPSA) is 99.9 Å². The first-order chi connectivity index (χ1) is 8.61. The van der Waals surface area contributed by atoms with Crippen LogP contribution < -0.4 is 5.73 Å². The first-order valence-corrected chi connectivity index (χ1v) is 5.95. The molecule has 0 amide bonds. The fraction of sp³-hybridized carbons (Fsp3) is 0.200. The highest BCUT2D eigenvalue weighted by atomic mass is 79.9. The van der Waals surface area contributed by atoms with E-state index in [0.29, 0.717) is 28.8 Å². The van der Waals surface area contributed by atoms with Crippen LogP contribution in [0.4, 0.5) is 5.69 Å². The summed E-state index contributed by atoms with van der Waals surface area (Å²) < 4.78 is 2.20. The minimum absolute atomic E-state index is 0.0100. The van der Waals surface area contributed by atoms with Gasteiger partial charge in [0.05, 0.1) is 23.2 Å². The lowest BCUT2D eigenvalue weighted by atomic mass is 10.1. The van der Waals surface area contributed by atoms with E-state index in [4.69, 9.17) is 5.73 Å². The number of nitro benzene ring substituents is 1. The molecule has 1 aromatic carbocycles. The second-order valence-corrected chi connectivity index (χ2v) is 4.49. The number of hydrogen-bond acceptors (Lipinski definition) is 5. The summed E-state index contributed by atoms with van der Waals surface area (Å²) >= 11 is 3.21. The van der Waals surface area contributed by atoms with Crippen LogP contribution in [0.2, 0.25) is 0 Å². The van der Waals surface area contributed by atoms with Gasteiger partial charge in [-0.25, -0.2) is 0 Å². The van der Waals surface area contributed by atoms with Crippen molar-refractivity contribution in [1.82, 2.24) is 15.0 Å². The van der Waals surface area contributed by atoms with Crippen molar-refractivity contribution in [3.8, 4) is 11.3 Å². The Hall–Kier alpha value is -1.80. The second-order valence-electron chi connectivity index (χ2n) is 3.57. The largest absolute Gasteiger partial charge is 0.329 e. The highest BCUT2D eigenvalue weighted by Gasteiger charge is 2.18. The monoisotopic (exact) mass is 311 g/mol. The standard InChI is InChI=1S/C10H10BrN5O2/c11-7-1-2-8(10(5-7)16(17)18)9-6-15(4-3-12)14-13-9/h1-2,5-6H,3-4,12H2. The van der Waals surface area contributed by atoms with Crippen molar-refractivity contribution in [2.45, 2.75) is 6.54 Å². The zero-order chi connectivity index (χ0) is 13.1. The Balaban J connectivity index is 2.45. The van der Waals surface area contributed by atoms with E-state index < -0.39 is 4.92 Å². The average molecular weight is 312 g/mol. The van der Waals surface area contributed by atoms with E-state index in [2.05, 4.69) is 26.2 Å². The molecule has 0 bridgehead atoms. The van der Waals surface area contributed by atoms with Crippen molar-refractivity contribution in [3.63, 3.8) is 0 Å². The SMILES string of the molecule is NCCn1cc(-c2ccc(Br)cc2[N+](=O)[O-])nn1. The van der Waals surface area contributed by atoms with Gasteiger partial charge in [0.15, 0.2) is 0 Å². The maximum absolute atomic E-state index is 11.0. The Bertz CT molecular complexity index is 583. The van der Waals surface area contributed by atoms with Gasteiger partial charge in [-0.1, -0.05) is 21.1 Å². The van der Waals surface area contributed by atoms with Crippen molar-refractivity contribution in [1.29, 1.82) is 0 Å². The molecule has 2 aromatic rings. The summed E-state index contributed by atoms with van der Waals surface area (Å²) in [5.41, 5.74) is 6.29. The third kappa shape index (κ3) is 2.54. The zero-order valence-electron chi connectivity index (χ0n) is 9.28. The molecule has 18 heavy (non-hydrogen) atoms. The van der Waals surface area contributed by atoms with Crippen molar-refractivity contribution in [2.75, 3.05) is 6.54 Å². The Kier molecular flexibility index (Phi) is 3.68. The molecule has 0 fully saturated rings. The van der Waals surface area contributed by atoms with E-state index >= 15 is 0 Å². The van der Waals surface area contributed by atoms with Crippen molar-refractivity contribution in [3.05, 3.63) is 39.0 Å². The fourth-order valence-electron chi connectivity index (χ4n) is 1.54. The van der Waals surface area contributed by atoms with Gasteiger partial charge in [0, 0.05) is 17.1 Å². The Morgan fingerprint density at radius 3 is 2.94 bits per heavy atom. The van der Waals surface area contributed by atoms with Crippen molar-refractivity contribution >= 4 is 21.6 Å². The molecule has 0 radical (unpaired) electrons. The minimum Gasteiger partial charge on any atom is -0.329 e. The molecule has 94 valence electrons. The first-order valence-electron chi connectivity index (χ1n) is 5.16. The lowest BCUT2D eigenvalue weighted by Gasteiger charge is -1.99. The van der Waals surface area contributed by atoms with Gasteiger partial charge >= 0.3 is 0 Å². The molecule has 0 aliphatic rings. The minimum atomic E-state index is -0.442. The van der Waals surface area contributed by atoms with E-state index in [1.165, 1.54) is 6.07 Å². The fourth-order valence-corrected chi connectivity index (χ4v) is 1.88. The molecule has 0 spiro atoms. The summed E-state index contributed by atoms with van der Waals surface area (Å²) in [5, 5.41) is 18.8. The summed E-state index contributed by atoms with van der Waals surface area (Å²) in [6, 6.07) is 4.81. The molecule has 0 saturated carbocycles. The first kappa shape index (κ1) is 12.7. The van der Waals surface area contributed by atoms with Crippen LogP contribution >= 0.6 is 15.9 Å². The number of halogens is 1. The molecule has 2 N–H and O–H groups in total. The van der Waals surface area contributed by atoms with Gasteiger partial charge in [-0.05, 0) is 12.1 Å². The number of hydrogen-bond donors (Lipinski definition) is 1. The quantitative estimate of drug-likeness (QED) is 0.682. The van der Waals surface area contributed by atoms with E-state index in [9.17, 15) is 10.1 Å². The third-order valence-electron chi connectivity index (χ3n) is 2.33. The number of nitrogens with two attached hydrogens (primary N) is 1.